The van der Waals surface area contributed by atoms with Gasteiger partial charge in [-0.15, -0.1) is 0 Å². The molecule has 1 aromatic rings. The van der Waals surface area contributed by atoms with Crippen molar-refractivity contribution in [3.8, 4) is 0 Å². The van der Waals surface area contributed by atoms with Crippen LogP contribution in [0, 0.1) is 0 Å². The van der Waals surface area contributed by atoms with Gasteiger partial charge in [0.15, 0.2) is 0 Å². The monoisotopic (exact) mass is 210 g/mol. The van der Waals surface area contributed by atoms with Crippen molar-refractivity contribution in [2.24, 2.45) is 5.73 Å². The van der Waals surface area contributed by atoms with E-state index in [4.69, 9.17) is 5.73 Å². The lowest BCUT2D eigenvalue weighted by atomic mass is 10.2. The number of hydrogen-bond acceptors (Lipinski definition) is 4. The number of aliphatic hydroxyl groups is 1. The van der Waals surface area contributed by atoms with Crippen molar-refractivity contribution in [3.05, 3.63) is 18.5 Å². The number of carbonyl (C=O) groups is 1. The molecule has 2 heterocycles. The van der Waals surface area contributed by atoms with Gasteiger partial charge in [0, 0.05) is 25.5 Å². The maximum Gasteiger partial charge on any atom is 0.236 e. The molecule has 1 aliphatic rings. The molecule has 1 amide bonds. The van der Waals surface area contributed by atoms with Crippen LogP contribution in [0.4, 0.5) is 0 Å². The van der Waals surface area contributed by atoms with E-state index in [9.17, 15) is 9.90 Å². The Bertz CT molecular complexity index is 338. The Hall–Kier alpha value is -1.40. The van der Waals surface area contributed by atoms with Gasteiger partial charge in [0.05, 0.1) is 18.7 Å². The molecule has 0 unspecified atom stereocenters. The van der Waals surface area contributed by atoms with Gasteiger partial charge in [-0.2, -0.15) is 5.10 Å². The van der Waals surface area contributed by atoms with Crippen molar-refractivity contribution < 1.29 is 9.90 Å². The van der Waals surface area contributed by atoms with E-state index in [0.29, 0.717) is 13.1 Å². The van der Waals surface area contributed by atoms with Gasteiger partial charge in [-0.05, 0) is 6.07 Å². The summed E-state index contributed by atoms with van der Waals surface area (Å²) >= 11 is 0. The first kappa shape index (κ1) is 10.1. The van der Waals surface area contributed by atoms with Crippen molar-refractivity contribution in [3.63, 3.8) is 0 Å². The van der Waals surface area contributed by atoms with Crippen LogP contribution < -0.4 is 5.73 Å². The Balaban J connectivity index is 2.08. The molecule has 0 saturated carbocycles. The number of β-amino-alcohol motifs (C(OH)–C–C–N with tert-alkyl or cyclic N) is 1. The lowest BCUT2D eigenvalue weighted by molar-refractivity contribution is -0.129. The van der Waals surface area contributed by atoms with E-state index in [1.165, 1.54) is 0 Å². The van der Waals surface area contributed by atoms with Crippen LogP contribution in [0.2, 0.25) is 0 Å². The number of aromatic nitrogens is 2. The second kappa shape index (κ2) is 4.00. The molecule has 0 bridgehead atoms. The molecule has 0 aliphatic carbocycles. The predicted molar refractivity (Wildman–Crippen MR) is 52.9 cm³/mol. The van der Waals surface area contributed by atoms with E-state index in [1.54, 1.807) is 28.0 Å². The topological polar surface area (TPSA) is 84.4 Å². The second-order valence-electron chi connectivity index (χ2n) is 3.62. The summed E-state index contributed by atoms with van der Waals surface area (Å²) in [4.78, 5) is 12.9. The molecule has 15 heavy (non-hydrogen) atoms. The van der Waals surface area contributed by atoms with E-state index >= 15 is 0 Å². The molecule has 82 valence electrons. The minimum atomic E-state index is -0.569. The summed E-state index contributed by atoms with van der Waals surface area (Å²) in [6, 6.07) is 1.63. The lowest BCUT2D eigenvalue weighted by Gasteiger charge is -2.14. The quantitative estimate of drug-likeness (QED) is 0.628. The summed E-state index contributed by atoms with van der Waals surface area (Å²) in [5, 5.41) is 13.8. The molecule has 0 spiro atoms. The number of nitrogens with two attached hydrogens (primary N) is 1. The molecule has 0 radical (unpaired) electrons. The minimum Gasteiger partial charge on any atom is -0.389 e. The Morgan fingerprint density at radius 3 is 3.00 bits per heavy atom. The smallest absolute Gasteiger partial charge is 0.236 e. The number of nitrogens with zero attached hydrogens (tertiary/aromatic N) is 3. The summed E-state index contributed by atoms with van der Waals surface area (Å²) in [6.07, 6.45) is 2.87. The van der Waals surface area contributed by atoms with E-state index in [2.05, 4.69) is 5.10 Å². The molecule has 1 aromatic heterocycles. The van der Waals surface area contributed by atoms with Crippen LogP contribution in [0.15, 0.2) is 18.5 Å². The largest absolute Gasteiger partial charge is 0.389 e. The Morgan fingerprint density at radius 1 is 1.60 bits per heavy atom. The Morgan fingerprint density at radius 2 is 2.40 bits per heavy atom. The van der Waals surface area contributed by atoms with Crippen molar-refractivity contribution in [2.45, 2.75) is 12.1 Å². The number of carbonyl (C=O) groups excluding carboxylic acids is 1. The summed E-state index contributed by atoms with van der Waals surface area (Å²) in [7, 11) is 0. The van der Waals surface area contributed by atoms with Gasteiger partial charge in [0.2, 0.25) is 5.91 Å². The molecule has 2 rings (SSSR count). The molecule has 2 atom stereocenters. The molecule has 6 nitrogen and oxygen atoms in total. The van der Waals surface area contributed by atoms with Crippen LogP contribution in [0.5, 0.6) is 0 Å². The van der Waals surface area contributed by atoms with Crippen LogP contribution in [0.3, 0.4) is 0 Å². The zero-order valence-corrected chi connectivity index (χ0v) is 8.28. The van der Waals surface area contributed by atoms with Crippen LogP contribution in [-0.4, -0.2) is 51.4 Å². The lowest BCUT2D eigenvalue weighted by Crippen LogP contribution is -2.34. The number of rotatable bonds is 2. The van der Waals surface area contributed by atoms with E-state index in [1.807, 2.05) is 0 Å². The molecule has 3 N–H and O–H groups in total. The van der Waals surface area contributed by atoms with E-state index < -0.39 is 6.10 Å². The van der Waals surface area contributed by atoms with Crippen LogP contribution in [0.25, 0.3) is 0 Å². The van der Waals surface area contributed by atoms with Crippen molar-refractivity contribution in [1.82, 2.24) is 14.7 Å². The zero-order chi connectivity index (χ0) is 10.8. The number of hydrogen-bond donors (Lipinski definition) is 2. The Labute approximate surface area is 87.3 Å². The first-order chi connectivity index (χ1) is 7.22. The van der Waals surface area contributed by atoms with Gasteiger partial charge in [0.25, 0.3) is 0 Å². The predicted octanol–water partition coefficient (Wildman–Crippen LogP) is -1.41. The van der Waals surface area contributed by atoms with Crippen LogP contribution in [-0.2, 0) is 4.79 Å². The average Bonchev–Trinajstić information content (AvgIpc) is 2.84. The fraction of sp³-hybridized carbons (Fsp3) is 0.556. The second-order valence-corrected chi connectivity index (χ2v) is 3.62. The van der Waals surface area contributed by atoms with Crippen molar-refractivity contribution in [2.75, 3.05) is 19.6 Å². The van der Waals surface area contributed by atoms with E-state index in [-0.39, 0.29) is 18.5 Å². The van der Waals surface area contributed by atoms with Crippen molar-refractivity contribution in [1.29, 1.82) is 0 Å². The molecular weight excluding hydrogens is 196 g/mol. The Kier molecular flexibility index (Phi) is 2.70. The molecule has 0 aromatic carbocycles. The van der Waals surface area contributed by atoms with Gasteiger partial charge < -0.3 is 15.7 Å². The molecular formula is C9H14N4O2. The van der Waals surface area contributed by atoms with Gasteiger partial charge in [-0.3, -0.25) is 9.48 Å². The SMILES string of the molecule is NCC(=O)N1C[C@@H](n2cccn2)[C@@H](O)C1. The van der Waals surface area contributed by atoms with E-state index in [0.717, 1.165) is 0 Å². The van der Waals surface area contributed by atoms with Gasteiger partial charge in [-0.25, -0.2) is 0 Å². The van der Waals surface area contributed by atoms with Crippen LogP contribution in [0.1, 0.15) is 6.04 Å². The fourth-order valence-electron chi connectivity index (χ4n) is 1.84. The average molecular weight is 210 g/mol. The van der Waals surface area contributed by atoms with Gasteiger partial charge >= 0.3 is 0 Å². The molecule has 6 heteroatoms. The number of aliphatic hydroxyl groups excluding tert-OH is 1. The fourth-order valence-corrected chi connectivity index (χ4v) is 1.84. The maximum atomic E-state index is 11.3. The maximum absolute atomic E-state index is 11.3. The zero-order valence-electron chi connectivity index (χ0n) is 8.28. The molecule has 1 aliphatic heterocycles. The third kappa shape index (κ3) is 1.86. The molecule has 1 fully saturated rings. The summed E-state index contributed by atoms with van der Waals surface area (Å²) in [5.41, 5.74) is 5.27. The summed E-state index contributed by atoms with van der Waals surface area (Å²) in [6.45, 7) is 0.790. The normalized spacial score (nSPS) is 25.9. The highest BCUT2D eigenvalue weighted by Gasteiger charge is 2.34. The molecule has 1 saturated heterocycles. The number of amides is 1. The number of likely N-dealkylation sites (tertiary alicyclic amines) is 1. The first-order valence-corrected chi connectivity index (χ1v) is 4.87. The van der Waals surface area contributed by atoms with Crippen molar-refractivity contribution >= 4 is 5.91 Å². The summed E-state index contributed by atoms with van der Waals surface area (Å²) < 4.78 is 1.68. The van der Waals surface area contributed by atoms with Crippen LogP contribution >= 0.6 is 0 Å². The highest BCUT2D eigenvalue weighted by atomic mass is 16.3. The third-order valence-electron chi connectivity index (χ3n) is 2.65. The highest BCUT2D eigenvalue weighted by molar-refractivity contribution is 5.78. The first-order valence-electron chi connectivity index (χ1n) is 4.87. The standard InChI is InChI=1S/C9H14N4O2/c10-4-9(15)12-5-7(8(14)6-12)13-3-1-2-11-13/h1-3,7-8,14H,4-6,10H2/t7-,8+/m1/s1. The highest BCUT2D eigenvalue weighted by Crippen LogP contribution is 2.20. The van der Waals surface area contributed by atoms with Gasteiger partial charge in [0.1, 0.15) is 0 Å². The van der Waals surface area contributed by atoms with Gasteiger partial charge in [-0.1, -0.05) is 0 Å². The minimum absolute atomic E-state index is 0.0153. The third-order valence-corrected chi connectivity index (χ3v) is 2.65. The summed E-state index contributed by atoms with van der Waals surface area (Å²) in [5.74, 6) is -0.135.